The van der Waals surface area contributed by atoms with Gasteiger partial charge in [0.1, 0.15) is 24.6 Å². The molecule has 35 heavy (non-hydrogen) atoms. The molecule has 3 aromatic rings. The zero-order valence-electron chi connectivity index (χ0n) is 19.7. The Labute approximate surface area is 205 Å². The lowest BCUT2D eigenvalue weighted by atomic mass is 10.2. The van der Waals surface area contributed by atoms with Gasteiger partial charge in [-0.2, -0.15) is 0 Å². The number of nitrogens with one attached hydrogen (secondary N) is 1. The van der Waals surface area contributed by atoms with E-state index in [1.807, 2.05) is 0 Å². The zero-order chi connectivity index (χ0) is 25.7. The number of benzene rings is 2. The summed E-state index contributed by atoms with van der Waals surface area (Å²) in [6.45, 7) is 0.920. The molecule has 0 bridgehead atoms. The number of anilines is 1. The molecule has 0 unspecified atom stereocenters. The first kappa shape index (κ1) is 25.8. The number of likely N-dealkylation sites (N-methyl/N-ethyl adjacent to an activating group) is 1. The van der Waals surface area contributed by atoms with Gasteiger partial charge in [0.05, 0.1) is 42.9 Å². The lowest BCUT2D eigenvalue weighted by molar-refractivity contribution is -0.175. The smallest absolute Gasteiger partial charge is 0.332 e. The maximum atomic E-state index is 13.3. The Morgan fingerprint density at radius 2 is 1.69 bits per heavy atom. The van der Waals surface area contributed by atoms with Gasteiger partial charge >= 0.3 is 5.69 Å². The summed E-state index contributed by atoms with van der Waals surface area (Å²) in [6.07, 6.45) is 0. The van der Waals surface area contributed by atoms with E-state index in [1.165, 1.54) is 39.5 Å². The minimum atomic E-state index is -0.816. The Morgan fingerprint density at radius 3 is 2.31 bits per heavy atom. The van der Waals surface area contributed by atoms with E-state index in [1.54, 1.807) is 25.1 Å². The van der Waals surface area contributed by atoms with Crippen LogP contribution in [-0.4, -0.2) is 53.9 Å². The molecular formula is C23H25ClN4O7. The molecular weight excluding hydrogens is 480 g/mol. The summed E-state index contributed by atoms with van der Waals surface area (Å²) in [5.41, 5.74) is -0.946. The van der Waals surface area contributed by atoms with Crippen molar-refractivity contribution >= 4 is 40.0 Å². The van der Waals surface area contributed by atoms with Crippen molar-refractivity contribution in [2.75, 3.05) is 33.2 Å². The van der Waals surface area contributed by atoms with Gasteiger partial charge < -0.3 is 14.8 Å². The van der Waals surface area contributed by atoms with Crippen LogP contribution in [0.1, 0.15) is 6.92 Å². The number of halogens is 1. The number of para-hydroxylation sites is 1. The SMILES string of the molecule is CCN(OC)C(=O)Cn1c(=O)c2ccccc2n(CC(=O)Nc2cc(Cl)c(OC)cc2OC)c1=O. The van der Waals surface area contributed by atoms with Crippen molar-refractivity contribution in [1.29, 1.82) is 0 Å². The summed E-state index contributed by atoms with van der Waals surface area (Å²) >= 11 is 6.17. The second-order valence-electron chi connectivity index (χ2n) is 7.28. The van der Waals surface area contributed by atoms with Gasteiger partial charge in [-0.1, -0.05) is 23.7 Å². The van der Waals surface area contributed by atoms with E-state index in [4.69, 9.17) is 25.9 Å². The Bertz CT molecular complexity index is 1380. The largest absolute Gasteiger partial charge is 0.495 e. The third-order valence-electron chi connectivity index (χ3n) is 5.26. The molecule has 1 N–H and O–H groups in total. The fraction of sp³-hybridized carbons (Fsp3) is 0.304. The molecule has 0 saturated heterocycles. The Hall–Kier alpha value is -3.83. The van der Waals surface area contributed by atoms with E-state index in [0.717, 1.165) is 14.2 Å². The van der Waals surface area contributed by atoms with Crippen molar-refractivity contribution in [2.45, 2.75) is 20.0 Å². The number of methoxy groups -OCH3 is 2. The van der Waals surface area contributed by atoms with Crippen molar-refractivity contribution in [1.82, 2.24) is 14.2 Å². The summed E-state index contributed by atoms with van der Waals surface area (Å²) in [7, 11) is 4.18. The molecule has 2 amide bonds. The number of hydroxylamine groups is 2. The minimum Gasteiger partial charge on any atom is -0.495 e. The molecule has 0 aliphatic heterocycles. The van der Waals surface area contributed by atoms with Gasteiger partial charge in [-0.3, -0.25) is 28.4 Å². The molecule has 186 valence electrons. The lowest BCUT2D eigenvalue weighted by Gasteiger charge is -2.19. The van der Waals surface area contributed by atoms with Crippen LogP contribution >= 0.6 is 11.6 Å². The first-order valence-corrected chi connectivity index (χ1v) is 10.9. The quantitative estimate of drug-likeness (QED) is 0.441. The standard InChI is InChI=1S/C23H25ClN4O7/c1-5-28(35-4)21(30)13-27-22(31)14-8-6-7-9-17(14)26(23(27)32)12-20(29)25-16-10-15(24)18(33-2)11-19(16)34-3/h6-11H,5,12-13H2,1-4H3,(H,25,29). The van der Waals surface area contributed by atoms with Crippen LogP contribution in [0.15, 0.2) is 46.0 Å². The molecule has 0 saturated carbocycles. The van der Waals surface area contributed by atoms with Crippen LogP contribution in [0.3, 0.4) is 0 Å². The number of hydrogen-bond acceptors (Lipinski definition) is 7. The number of amides is 2. The number of carbonyl (C=O) groups excluding carboxylic acids is 2. The molecule has 0 spiro atoms. The monoisotopic (exact) mass is 504 g/mol. The lowest BCUT2D eigenvalue weighted by Crippen LogP contribution is -2.45. The average molecular weight is 505 g/mol. The number of ether oxygens (including phenoxy) is 2. The van der Waals surface area contributed by atoms with Crippen LogP contribution in [0.5, 0.6) is 11.5 Å². The minimum absolute atomic E-state index is 0.179. The molecule has 0 aliphatic carbocycles. The molecule has 1 aromatic heterocycles. The van der Waals surface area contributed by atoms with Crippen LogP contribution in [-0.2, 0) is 27.5 Å². The normalized spacial score (nSPS) is 10.8. The van der Waals surface area contributed by atoms with Crippen molar-refractivity contribution in [2.24, 2.45) is 0 Å². The number of aromatic nitrogens is 2. The fourth-order valence-electron chi connectivity index (χ4n) is 3.58. The van der Waals surface area contributed by atoms with Crippen molar-refractivity contribution in [3.05, 3.63) is 62.3 Å². The predicted molar refractivity (Wildman–Crippen MR) is 130 cm³/mol. The summed E-state index contributed by atoms with van der Waals surface area (Å²) in [5, 5.41) is 4.11. The van der Waals surface area contributed by atoms with Crippen molar-refractivity contribution in [3.8, 4) is 11.5 Å². The summed E-state index contributed by atoms with van der Waals surface area (Å²) in [6, 6.07) is 9.31. The van der Waals surface area contributed by atoms with Crippen molar-refractivity contribution < 1.29 is 23.9 Å². The molecule has 0 aliphatic rings. The molecule has 0 radical (unpaired) electrons. The van der Waals surface area contributed by atoms with Gasteiger partial charge in [0.25, 0.3) is 11.5 Å². The highest BCUT2D eigenvalue weighted by atomic mass is 35.5. The van der Waals surface area contributed by atoms with E-state index < -0.39 is 36.2 Å². The molecule has 0 atom stereocenters. The molecule has 0 fully saturated rings. The van der Waals surface area contributed by atoms with Gasteiger partial charge in [-0.15, -0.1) is 0 Å². The molecule has 3 rings (SSSR count). The van der Waals surface area contributed by atoms with Gasteiger partial charge in [-0.25, -0.2) is 9.86 Å². The summed E-state index contributed by atoms with van der Waals surface area (Å²) in [4.78, 5) is 56.7. The van der Waals surface area contributed by atoms with Crippen LogP contribution in [0.25, 0.3) is 10.9 Å². The van der Waals surface area contributed by atoms with Crippen LogP contribution in [0, 0.1) is 0 Å². The highest BCUT2D eigenvalue weighted by molar-refractivity contribution is 6.32. The van der Waals surface area contributed by atoms with Crippen LogP contribution in [0.2, 0.25) is 5.02 Å². The number of hydrogen-bond donors (Lipinski definition) is 1. The number of rotatable bonds is 9. The third-order valence-corrected chi connectivity index (χ3v) is 5.56. The second kappa shape index (κ2) is 11.1. The first-order chi connectivity index (χ1) is 16.7. The summed E-state index contributed by atoms with van der Waals surface area (Å²) < 4.78 is 12.3. The van der Waals surface area contributed by atoms with E-state index >= 15 is 0 Å². The number of nitrogens with zero attached hydrogens (tertiary/aromatic N) is 3. The highest BCUT2D eigenvalue weighted by Crippen LogP contribution is 2.35. The second-order valence-corrected chi connectivity index (χ2v) is 7.69. The maximum absolute atomic E-state index is 13.3. The molecule has 12 heteroatoms. The zero-order valence-corrected chi connectivity index (χ0v) is 20.4. The van der Waals surface area contributed by atoms with Crippen LogP contribution in [0.4, 0.5) is 5.69 Å². The Balaban J connectivity index is 2.02. The number of fused-ring (bicyclic) bond motifs is 1. The Kier molecular flexibility index (Phi) is 8.15. The van der Waals surface area contributed by atoms with E-state index in [-0.39, 0.29) is 28.2 Å². The topological polar surface area (TPSA) is 121 Å². The first-order valence-electron chi connectivity index (χ1n) is 10.5. The highest BCUT2D eigenvalue weighted by Gasteiger charge is 2.20. The van der Waals surface area contributed by atoms with E-state index in [2.05, 4.69) is 5.32 Å². The predicted octanol–water partition coefficient (Wildman–Crippen LogP) is 1.88. The summed E-state index contributed by atoms with van der Waals surface area (Å²) in [5.74, 6) is -0.511. The van der Waals surface area contributed by atoms with E-state index in [0.29, 0.717) is 11.5 Å². The Morgan fingerprint density at radius 1 is 1.00 bits per heavy atom. The maximum Gasteiger partial charge on any atom is 0.332 e. The van der Waals surface area contributed by atoms with Crippen molar-refractivity contribution in [3.63, 3.8) is 0 Å². The molecule has 2 aromatic carbocycles. The van der Waals surface area contributed by atoms with E-state index in [9.17, 15) is 19.2 Å². The average Bonchev–Trinajstić information content (AvgIpc) is 2.85. The fourth-order valence-corrected chi connectivity index (χ4v) is 3.82. The van der Waals surface area contributed by atoms with Crippen LogP contribution < -0.4 is 26.0 Å². The van der Waals surface area contributed by atoms with Gasteiger partial charge in [0.2, 0.25) is 5.91 Å². The number of carbonyl (C=O) groups is 2. The van der Waals surface area contributed by atoms with Gasteiger partial charge in [0, 0.05) is 12.6 Å². The molecule has 1 heterocycles. The van der Waals surface area contributed by atoms with Gasteiger partial charge in [-0.05, 0) is 25.1 Å². The van der Waals surface area contributed by atoms with Gasteiger partial charge in [0.15, 0.2) is 0 Å². The third kappa shape index (κ3) is 5.31. The molecule has 11 nitrogen and oxygen atoms in total.